The molecule has 0 bridgehead atoms. The molecule has 1 aromatic rings. The van der Waals surface area contributed by atoms with Gasteiger partial charge in [-0.25, -0.2) is 13.9 Å². The second kappa shape index (κ2) is 9.42. The third kappa shape index (κ3) is 5.96. The first-order valence-corrected chi connectivity index (χ1v) is 9.88. The molecule has 1 aromatic heterocycles. The third-order valence-electron chi connectivity index (χ3n) is 3.90. The Hall–Kier alpha value is -2.07. The average molecular weight is 419 g/mol. The number of phosphoric ester groups is 1. The second-order valence-electron chi connectivity index (χ2n) is 6.65. The number of phosphoric acid groups is 1. The average Bonchev–Trinajstić information content (AvgIpc) is 3.18. The number of carbonyl (C=O) groups is 3. The van der Waals surface area contributed by atoms with Crippen molar-refractivity contribution in [2.75, 3.05) is 20.5 Å². The summed E-state index contributed by atoms with van der Waals surface area (Å²) in [6.45, 7) is 2.61. The fourth-order valence-corrected chi connectivity index (χ4v) is 3.89. The topological polar surface area (TPSA) is 140 Å². The molecule has 1 fully saturated rings. The lowest BCUT2D eigenvalue weighted by Gasteiger charge is -2.39. The summed E-state index contributed by atoms with van der Waals surface area (Å²) in [4.78, 5) is 35.3. The summed E-state index contributed by atoms with van der Waals surface area (Å²) in [7, 11) is -2.87. The number of carbonyl (C=O) groups excluding carboxylic acids is 3. The molecule has 0 amide bonds. The molecule has 0 radical (unpaired) electrons. The van der Waals surface area contributed by atoms with E-state index in [-0.39, 0.29) is 37.4 Å². The summed E-state index contributed by atoms with van der Waals surface area (Å²) < 4.78 is 41.9. The molecule has 0 saturated carbocycles. The number of nitrogens with zero attached hydrogens (tertiary/aromatic N) is 1. The van der Waals surface area contributed by atoms with Crippen molar-refractivity contribution in [1.29, 1.82) is 0 Å². The summed E-state index contributed by atoms with van der Waals surface area (Å²) in [5.41, 5.74) is -0.768. The van der Waals surface area contributed by atoms with Gasteiger partial charge < -0.3 is 14.0 Å². The Morgan fingerprint density at radius 2 is 2.07 bits per heavy atom. The molecule has 28 heavy (non-hydrogen) atoms. The standard InChI is InChI=1S/C16H22NO10P/c1-16(2)9-24-28(21,25-10-23-15(20)12-7-8-17-26-12)27-14(16)11(18)5-4-6-13(19)22-3/h7-8,14H,4-6,9-10H2,1-3H3/t14-,28?/m0/s1. The number of Topliss-reactive ketones (excluding diaryl/α,β-unsaturated/α-hetero) is 1. The van der Waals surface area contributed by atoms with Crippen LogP contribution in [-0.4, -0.2) is 49.5 Å². The zero-order chi connectivity index (χ0) is 20.8. The smallest absolute Gasteiger partial charge is 0.469 e. The summed E-state index contributed by atoms with van der Waals surface area (Å²) in [5.74, 6) is -1.81. The van der Waals surface area contributed by atoms with E-state index in [1.807, 2.05) is 0 Å². The van der Waals surface area contributed by atoms with E-state index in [2.05, 4.69) is 14.4 Å². The van der Waals surface area contributed by atoms with Gasteiger partial charge in [0.05, 0.1) is 19.9 Å². The van der Waals surface area contributed by atoms with Crippen LogP contribution in [-0.2, 0) is 37.2 Å². The predicted octanol–water partition coefficient (Wildman–Crippen LogP) is 2.27. The second-order valence-corrected chi connectivity index (χ2v) is 8.27. The van der Waals surface area contributed by atoms with Crippen LogP contribution in [0.3, 0.4) is 0 Å². The number of ketones is 1. The van der Waals surface area contributed by atoms with Crippen molar-refractivity contribution in [3.63, 3.8) is 0 Å². The predicted molar refractivity (Wildman–Crippen MR) is 91.0 cm³/mol. The van der Waals surface area contributed by atoms with Crippen LogP contribution in [0.4, 0.5) is 0 Å². The van der Waals surface area contributed by atoms with Gasteiger partial charge in [-0.15, -0.1) is 0 Å². The van der Waals surface area contributed by atoms with Gasteiger partial charge in [-0.05, 0) is 6.42 Å². The van der Waals surface area contributed by atoms with E-state index < -0.39 is 38.1 Å². The Labute approximate surface area is 161 Å². The minimum Gasteiger partial charge on any atom is -0.469 e. The molecule has 1 unspecified atom stereocenters. The monoisotopic (exact) mass is 419 g/mol. The molecule has 2 atom stereocenters. The SMILES string of the molecule is COC(=O)CCCC(=O)[C@@H]1OP(=O)(OCOC(=O)c2ccno2)OCC1(C)C. The lowest BCUT2D eigenvalue weighted by Crippen LogP contribution is -2.44. The van der Waals surface area contributed by atoms with E-state index in [1.165, 1.54) is 19.4 Å². The highest BCUT2D eigenvalue weighted by Crippen LogP contribution is 2.57. The number of methoxy groups -OCH3 is 1. The van der Waals surface area contributed by atoms with Crippen molar-refractivity contribution in [2.45, 2.75) is 39.2 Å². The Morgan fingerprint density at radius 3 is 2.71 bits per heavy atom. The number of hydrogen-bond donors (Lipinski definition) is 0. The van der Waals surface area contributed by atoms with Crippen molar-refractivity contribution < 1.29 is 46.5 Å². The lowest BCUT2D eigenvalue weighted by atomic mass is 9.84. The van der Waals surface area contributed by atoms with Gasteiger partial charge in [0.15, 0.2) is 5.78 Å². The van der Waals surface area contributed by atoms with Crippen LogP contribution in [0.1, 0.15) is 43.7 Å². The van der Waals surface area contributed by atoms with Crippen LogP contribution in [0.5, 0.6) is 0 Å². The molecule has 12 heteroatoms. The molecule has 1 aliphatic heterocycles. The van der Waals surface area contributed by atoms with Crippen LogP contribution in [0.25, 0.3) is 0 Å². The van der Waals surface area contributed by atoms with Crippen LogP contribution in [0.15, 0.2) is 16.8 Å². The Kier molecular flexibility index (Phi) is 7.48. The van der Waals surface area contributed by atoms with Crippen molar-refractivity contribution in [3.05, 3.63) is 18.0 Å². The molecule has 0 N–H and O–H groups in total. The van der Waals surface area contributed by atoms with Gasteiger partial charge in [-0.3, -0.25) is 18.6 Å². The van der Waals surface area contributed by atoms with Crippen molar-refractivity contribution in [2.24, 2.45) is 5.41 Å². The van der Waals surface area contributed by atoms with E-state index in [4.69, 9.17) is 18.3 Å². The van der Waals surface area contributed by atoms with Crippen molar-refractivity contribution in [1.82, 2.24) is 5.16 Å². The number of hydrogen-bond acceptors (Lipinski definition) is 11. The van der Waals surface area contributed by atoms with Gasteiger partial charge >= 0.3 is 19.8 Å². The fraction of sp³-hybridized carbons (Fsp3) is 0.625. The molecule has 2 rings (SSSR count). The maximum absolute atomic E-state index is 12.6. The normalized spacial score (nSPS) is 23.8. The van der Waals surface area contributed by atoms with E-state index in [1.54, 1.807) is 13.8 Å². The number of ether oxygens (including phenoxy) is 2. The number of rotatable bonds is 9. The minimum atomic E-state index is -4.13. The summed E-state index contributed by atoms with van der Waals surface area (Å²) >= 11 is 0. The quantitative estimate of drug-likeness (QED) is 0.330. The van der Waals surface area contributed by atoms with E-state index in [0.29, 0.717) is 0 Å². The minimum absolute atomic E-state index is 0.0314. The van der Waals surface area contributed by atoms with Gasteiger partial charge in [0, 0.05) is 24.3 Å². The highest BCUT2D eigenvalue weighted by Gasteiger charge is 2.48. The van der Waals surface area contributed by atoms with Crippen molar-refractivity contribution >= 4 is 25.5 Å². The molecule has 1 aliphatic rings. The molecular weight excluding hydrogens is 397 g/mol. The fourth-order valence-electron chi connectivity index (χ4n) is 2.36. The maximum Gasteiger partial charge on any atom is 0.478 e. The first-order chi connectivity index (χ1) is 13.2. The molecule has 0 aliphatic carbocycles. The van der Waals surface area contributed by atoms with Crippen molar-refractivity contribution in [3.8, 4) is 0 Å². The molecule has 1 saturated heterocycles. The Balaban J connectivity index is 1.89. The lowest BCUT2D eigenvalue weighted by molar-refractivity contribution is -0.142. The summed E-state index contributed by atoms with van der Waals surface area (Å²) in [6.07, 6.45) is 0.560. The van der Waals surface area contributed by atoms with Gasteiger partial charge in [-0.2, -0.15) is 0 Å². The van der Waals surface area contributed by atoms with Gasteiger partial charge in [-0.1, -0.05) is 19.0 Å². The van der Waals surface area contributed by atoms with Gasteiger partial charge in [0.2, 0.25) is 12.6 Å². The van der Waals surface area contributed by atoms with Crippen LogP contribution >= 0.6 is 7.82 Å². The molecule has 11 nitrogen and oxygen atoms in total. The highest BCUT2D eigenvalue weighted by atomic mass is 31.2. The largest absolute Gasteiger partial charge is 0.478 e. The van der Waals surface area contributed by atoms with E-state index >= 15 is 0 Å². The summed E-state index contributed by atoms with van der Waals surface area (Å²) in [5, 5.41) is 3.35. The molecule has 156 valence electrons. The van der Waals surface area contributed by atoms with Crippen LogP contribution in [0.2, 0.25) is 0 Å². The van der Waals surface area contributed by atoms with E-state index in [9.17, 15) is 18.9 Å². The number of aromatic nitrogens is 1. The van der Waals surface area contributed by atoms with Crippen LogP contribution < -0.4 is 0 Å². The molecular formula is C16H22NO10P. The van der Waals surface area contributed by atoms with E-state index in [0.717, 1.165) is 0 Å². The van der Waals surface area contributed by atoms with Gasteiger partial charge in [0.1, 0.15) is 6.10 Å². The summed E-state index contributed by atoms with van der Waals surface area (Å²) in [6, 6.07) is 1.28. The van der Waals surface area contributed by atoms with Crippen LogP contribution in [0, 0.1) is 5.41 Å². The number of esters is 2. The zero-order valence-electron chi connectivity index (χ0n) is 15.7. The first kappa shape index (κ1) is 22.2. The zero-order valence-corrected chi connectivity index (χ0v) is 16.6. The molecule has 0 spiro atoms. The van der Waals surface area contributed by atoms with Gasteiger partial charge in [0.25, 0.3) is 0 Å². The first-order valence-electron chi connectivity index (χ1n) is 8.42. The Bertz CT molecular complexity index is 745. The Morgan fingerprint density at radius 1 is 1.32 bits per heavy atom. The third-order valence-corrected chi connectivity index (χ3v) is 5.24. The maximum atomic E-state index is 12.6. The highest BCUT2D eigenvalue weighted by molar-refractivity contribution is 7.48. The molecule has 0 aromatic carbocycles. The molecule has 2 heterocycles.